The van der Waals surface area contributed by atoms with E-state index in [0.717, 1.165) is 16.9 Å². The third-order valence-corrected chi connectivity index (χ3v) is 6.42. The minimum Gasteiger partial charge on any atom is -0.497 e. The summed E-state index contributed by atoms with van der Waals surface area (Å²) in [6.07, 6.45) is 5.14. The fourth-order valence-electron chi connectivity index (χ4n) is 4.12. The Kier molecular flexibility index (Phi) is 7.71. The highest BCUT2D eigenvalue weighted by atomic mass is 35.5. The molecule has 11 heteroatoms. The van der Waals surface area contributed by atoms with E-state index < -0.39 is 0 Å². The average Bonchev–Trinajstić information content (AvgIpc) is 3.43. The number of rotatable bonds is 8. The molecule has 3 heterocycles. The van der Waals surface area contributed by atoms with Crippen LogP contribution in [-0.2, 0) is 11.3 Å². The second-order valence-electron chi connectivity index (χ2n) is 8.61. The van der Waals surface area contributed by atoms with Crippen molar-refractivity contribution in [2.45, 2.75) is 6.54 Å². The van der Waals surface area contributed by atoms with Gasteiger partial charge in [-0.15, -0.1) is 0 Å². The van der Waals surface area contributed by atoms with Crippen molar-refractivity contribution in [2.24, 2.45) is 0 Å². The van der Waals surface area contributed by atoms with Crippen LogP contribution >= 0.6 is 11.6 Å². The van der Waals surface area contributed by atoms with Gasteiger partial charge in [-0.3, -0.25) is 9.48 Å². The van der Waals surface area contributed by atoms with Crippen molar-refractivity contribution in [2.75, 3.05) is 45.8 Å². The van der Waals surface area contributed by atoms with Gasteiger partial charge in [0.25, 0.3) is 5.91 Å². The lowest BCUT2D eigenvalue weighted by Gasteiger charge is -2.27. The summed E-state index contributed by atoms with van der Waals surface area (Å²) in [7, 11) is 3.19. The van der Waals surface area contributed by atoms with Gasteiger partial charge in [-0.1, -0.05) is 23.7 Å². The highest BCUT2D eigenvalue weighted by molar-refractivity contribution is 6.32. The molecular weight excluding hydrogens is 508 g/mol. The van der Waals surface area contributed by atoms with E-state index in [1.807, 2.05) is 35.1 Å². The minimum atomic E-state index is -0.0603. The number of benzene rings is 2. The molecule has 196 valence electrons. The van der Waals surface area contributed by atoms with Crippen molar-refractivity contribution in [1.29, 1.82) is 0 Å². The first-order chi connectivity index (χ1) is 18.5. The Bertz CT molecular complexity index is 1420. The van der Waals surface area contributed by atoms with Crippen molar-refractivity contribution < 1.29 is 19.0 Å². The van der Waals surface area contributed by atoms with Crippen LogP contribution in [0, 0.1) is 0 Å². The first-order valence-corrected chi connectivity index (χ1v) is 12.4. The molecule has 1 aliphatic rings. The van der Waals surface area contributed by atoms with Crippen LogP contribution in [0.3, 0.4) is 0 Å². The number of carbonyl (C=O) groups excluding carboxylic acids is 1. The second kappa shape index (κ2) is 11.5. The number of morpholine rings is 1. The predicted octanol–water partition coefficient (Wildman–Crippen LogP) is 4.28. The van der Waals surface area contributed by atoms with E-state index in [0.29, 0.717) is 66.5 Å². The van der Waals surface area contributed by atoms with E-state index in [2.05, 4.69) is 20.4 Å². The average molecular weight is 535 g/mol. The molecule has 0 bridgehead atoms. The molecule has 1 fully saturated rings. The maximum absolute atomic E-state index is 12.9. The van der Waals surface area contributed by atoms with Crippen molar-refractivity contribution in [1.82, 2.24) is 24.6 Å². The van der Waals surface area contributed by atoms with Gasteiger partial charge in [0.05, 0.1) is 62.8 Å². The van der Waals surface area contributed by atoms with Crippen LogP contribution in [0.1, 0.15) is 15.9 Å². The molecule has 4 aromatic rings. The number of anilines is 2. The summed E-state index contributed by atoms with van der Waals surface area (Å²) in [4.78, 5) is 23.6. The van der Waals surface area contributed by atoms with Gasteiger partial charge in [-0.05, 0) is 35.9 Å². The lowest BCUT2D eigenvalue weighted by atomic mass is 10.1. The number of nitrogens with zero attached hydrogens (tertiary/aromatic N) is 5. The van der Waals surface area contributed by atoms with Crippen molar-refractivity contribution in [3.05, 3.63) is 77.2 Å². The fourth-order valence-corrected chi connectivity index (χ4v) is 4.32. The van der Waals surface area contributed by atoms with E-state index in [1.165, 1.54) is 6.20 Å². The standard InChI is InChI=1S/C27H27ClN6O4/c1-36-21-6-3-18(4-7-21)16-34-17-20(14-30-34)25-22(28)15-29-27(32-25)31-23-8-5-19(13-24(23)37-2)26(35)33-9-11-38-12-10-33/h3-8,13-15,17H,9-12,16H2,1-2H3,(H,29,31,32). The first kappa shape index (κ1) is 25.5. The Labute approximate surface area is 225 Å². The lowest BCUT2D eigenvalue weighted by molar-refractivity contribution is 0.0302. The molecule has 2 aromatic carbocycles. The molecule has 2 aromatic heterocycles. The number of halogens is 1. The predicted molar refractivity (Wildman–Crippen MR) is 143 cm³/mol. The minimum absolute atomic E-state index is 0.0603. The highest BCUT2D eigenvalue weighted by Gasteiger charge is 2.20. The fraction of sp³-hybridized carbons (Fsp3) is 0.259. The number of ether oxygens (including phenoxy) is 3. The van der Waals surface area contributed by atoms with Gasteiger partial charge in [0, 0.05) is 30.4 Å². The maximum Gasteiger partial charge on any atom is 0.254 e. The third kappa shape index (κ3) is 5.71. The van der Waals surface area contributed by atoms with Gasteiger partial charge < -0.3 is 24.4 Å². The van der Waals surface area contributed by atoms with Gasteiger partial charge in [0.15, 0.2) is 0 Å². The zero-order chi connectivity index (χ0) is 26.5. The van der Waals surface area contributed by atoms with E-state index in [-0.39, 0.29) is 5.91 Å². The van der Waals surface area contributed by atoms with Crippen LogP contribution in [0.4, 0.5) is 11.6 Å². The molecule has 0 radical (unpaired) electrons. The molecule has 1 saturated heterocycles. The number of amides is 1. The zero-order valence-corrected chi connectivity index (χ0v) is 21.8. The van der Waals surface area contributed by atoms with E-state index in [9.17, 15) is 4.79 Å². The largest absolute Gasteiger partial charge is 0.497 e. The summed E-state index contributed by atoms with van der Waals surface area (Å²) in [5, 5.41) is 8.03. The van der Waals surface area contributed by atoms with Crippen LogP contribution < -0.4 is 14.8 Å². The molecule has 0 aliphatic carbocycles. The Balaban J connectivity index is 1.33. The van der Waals surface area contributed by atoms with Crippen LogP contribution in [0.5, 0.6) is 11.5 Å². The molecule has 1 aliphatic heterocycles. The van der Waals surface area contributed by atoms with Crippen LogP contribution in [0.25, 0.3) is 11.3 Å². The molecular formula is C27H27ClN6O4. The van der Waals surface area contributed by atoms with E-state index in [1.54, 1.807) is 43.5 Å². The van der Waals surface area contributed by atoms with Crippen molar-refractivity contribution in [3.8, 4) is 22.8 Å². The Morgan fingerprint density at radius 3 is 2.61 bits per heavy atom. The number of aromatic nitrogens is 4. The van der Waals surface area contributed by atoms with Crippen molar-refractivity contribution >= 4 is 29.1 Å². The quantitative estimate of drug-likeness (QED) is 0.357. The molecule has 0 spiro atoms. The van der Waals surface area contributed by atoms with Gasteiger partial charge in [-0.25, -0.2) is 9.97 Å². The number of nitrogens with one attached hydrogen (secondary N) is 1. The number of methoxy groups -OCH3 is 2. The Morgan fingerprint density at radius 1 is 1.08 bits per heavy atom. The van der Waals surface area contributed by atoms with E-state index in [4.69, 9.17) is 25.8 Å². The molecule has 1 N–H and O–H groups in total. The first-order valence-electron chi connectivity index (χ1n) is 12.0. The summed E-state index contributed by atoms with van der Waals surface area (Å²) >= 11 is 6.45. The maximum atomic E-state index is 12.9. The van der Waals surface area contributed by atoms with Gasteiger partial charge in [-0.2, -0.15) is 5.10 Å². The number of hydrogen-bond donors (Lipinski definition) is 1. The summed E-state index contributed by atoms with van der Waals surface area (Å²) in [6.45, 7) is 2.81. The van der Waals surface area contributed by atoms with E-state index >= 15 is 0 Å². The normalized spacial score (nSPS) is 13.3. The third-order valence-electron chi connectivity index (χ3n) is 6.15. The van der Waals surface area contributed by atoms with Gasteiger partial charge in [0.2, 0.25) is 5.95 Å². The molecule has 0 saturated carbocycles. The molecule has 5 rings (SSSR count). The SMILES string of the molecule is COc1ccc(Cn2cc(-c3nc(Nc4ccc(C(=O)N5CCOCC5)cc4OC)ncc3Cl)cn2)cc1. The number of hydrogen-bond acceptors (Lipinski definition) is 8. The lowest BCUT2D eigenvalue weighted by Crippen LogP contribution is -2.40. The molecule has 0 atom stereocenters. The monoisotopic (exact) mass is 534 g/mol. The Morgan fingerprint density at radius 2 is 1.87 bits per heavy atom. The Hall–Kier alpha value is -4.15. The summed E-state index contributed by atoms with van der Waals surface area (Å²) in [5.74, 6) is 1.57. The van der Waals surface area contributed by atoms with Crippen LogP contribution in [0.2, 0.25) is 5.02 Å². The van der Waals surface area contributed by atoms with Crippen LogP contribution in [0.15, 0.2) is 61.1 Å². The molecule has 38 heavy (non-hydrogen) atoms. The highest BCUT2D eigenvalue weighted by Crippen LogP contribution is 2.31. The smallest absolute Gasteiger partial charge is 0.254 e. The molecule has 1 amide bonds. The van der Waals surface area contributed by atoms with Gasteiger partial charge >= 0.3 is 0 Å². The summed E-state index contributed by atoms with van der Waals surface area (Å²) in [5.41, 5.74) is 3.54. The second-order valence-corrected chi connectivity index (χ2v) is 9.02. The topological polar surface area (TPSA) is 104 Å². The zero-order valence-electron chi connectivity index (χ0n) is 21.1. The van der Waals surface area contributed by atoms with Gasteiger partial charge in [0.1, 0.15) is 11.5 Å². The molecule has 10 nitrogen and oxygen atoms in total. The molecule has 0 unspecified atom stereocenters. The number of carbonyl (C=O) groups is 1. The van der Waals surface area contributed by atoms with Crippen molar-refractivity contribution in [3.63, 3.8) is 0 Å². The summed E-state index contributed by atoms with van der Waals surface area (Å²) < 4.78 is 17.9. The summed E-state index contributed by atoms with van der Waals surface area (Å²) in [6, 6.07) is 13.1. The van der Waals surface area contributed by atoms with Crippen LogP contribution in [-0.4, -0.2) is 71.1 Å².